The van der Waals surface area contributed by atoms with Crippen LogP contribution in [-0.4, -0.2) is 40.1 Å². The molecular weight excluding hydrogens is 296 g/mol. The summed E-state index contributed by atoms with van der Waals surface area (Å²) in [5.74, 6) is -0.389. The molecule has 126 valence electrons. The lowest BCUT2D eigenvalue weighted by Gasteiger charge is -2.35. The number of piperidine rings is 1. The molecule has 1 amide bonds. The van der Waals surface area contributed by atoms with Crippen LogP contribution in [-0.2, 0) is 20.9 Å². The Balaban J connectivity index is 1.97. The quantitative estimate of drug-likeness (QED) is 0.801. The molecule has 23 heavy (non-hydrogen) atoms. The first kappa shape index (κ1) is 17.2. The number of carbonyl (C=O) groups is 2. The first-order valence-electron chi connectivity index (χ1n) is 7.92. The summed E-state index contributed by atoms with van der Waals surface area (Å²) in [5.41, 5.74) is 0.235. The van der Waals surface area contributed by atoms with Crippen LogP contribution in [0.4, 0.5) is 4.79 Å². The van der Waals surface area contributed by atoms with Crippen molar-refractivity contribution in [3.8, 4) is 0 Å². The predicted octanol–water partition coefficient (Wildman–Crippen LogP) is 2.91. The van der Waals surface area contributed by atoms with Gasteiger partial charge in [0.15, 0.2) is 0 Å². The number of rotatable bonds is 3. The van der Waals surface area contributed by atoms with Crippen LogP contribution in [0.2, 0.25) is 0 Å². The SMILES string of the molecule is CC(C)(C)OC(=O)N1CCCC[C@@H]1C(=O)OCc1cccnc1. The van der Waals surface area contributed by atoms with Crippen molar-refractivity contribution in [2.75, 3.05) is 6.54 Å². The van der Waals surface area contributed by atoms with E-state index in [4.69, 9.17) is 9.47 Å². The second-order valence-corrected chi connectivity index (χ2v) is 6.65. The van der Waals surface area contributed by atoms with Gasteiger partial charge in [0.1, 0.15) is 18.2 Å². The topological polar surface area (TPSA) is 68.7 Å². The molecule has 1 atom stereocenters. The van der Waals surface area contributed by atoms with E-state index in [0.717, 1.165) is 18.4 Å². The Morgan fingerprint density at radius 3 is 2.78 bits per heavy atom. The van der Waals surface area contributed by atoms with Crippen LogP contribution in [0.5, 0.6) is 0 Å². The second kappa shape index (κ2) is 7.44. The highest BCUT2D eigenvalue weighted by Crippen LogP contribution is 2.21. The average molecular weight is 320 g/mol. The van der Waals surface area contributed by atoms with E-state index in [-0.39, 0.29) is 12.6 Å². The van der Waals surface area contributed by atoms with Gasteiger partial charge in [0.05, 0.1) is 0 Å². The third-order valence-electron chi connectivity index (χ3n) is 3.51. The predicted molar refractivity (Wildman–Crippen MR) is 84.6 cm³/mol. The van der Waals surface area contributed by atoms with Crippen LogP contribution >= 0.6 is 0 Å². The summed E-state index contributed by atoms with van der Waals surface area (Å²) in [4.78, 5) is 30.1. The molecule has 1 fully saturated rings. The van der Waals surface area contributed by atoms with E-state index >= 15 is 0 Å². The van der Waals surface area contributed by atoms with Gasteiger partial charge < -0.3 is 9.47 Å². The number of hydrogen-bond donors (Lipinski definition) is 0. The Labute approximate surface area is 136 Å². The summed E-state index contributed by atoms with van der Waals surface area (Å²) < 4.78 is 10.7. The van der Waals surface area contributed by atoms with E-state index < -0.39 is 17.7 Å². The molecule has 0 unspecified atom stereocenters. The molecule has 0 aromatic carbocycles. The number of hydrogen-bond acceptors (Lipinski definition) is 5. The average Bonchev–Trinajstić information content (AvgIpc) is 2.52. The fourth-order valence-electron chi connectivity index (χ4n) is 2.45. The van der Waals surface area contributed by atoms with Gasteiger partial charge in [-0.05, 0) is 46.1 Å². The van der Waals surface area contributed by atoms with Crippen molar-refractivity contribution in [1.82, 2.24) is 9.88 Å². The molecule has 2 heterocycles. The standard InChI is InChI=1S/C17H24N2O4/c1-17(2,3)23-16(21)19-10-5-4-8-14(19)15(20)22-12-13-7-6-9-18-11-13/h6-7,9,11,14H,4-5,8,10,12H2,1-3H3/t14-/m1/s1. The highest BCUT2D eigenvalue weighted by molar-refractivity contribution is 5.81. The molecule has 6 heteroatoms. The van der Waals surface area contributed by atoms with E-state index in [1.165, 1.54) is 4.90 Å². The van der Waals surface area contributed by atoms with Crippen LogP contribution in [0, 0.1) is 0 Å². The summed E-state index contributed by atoms with van der Waals surface area (Å²) in [6, 6.07) is 3.05. The summed E-state index contributed by atoms with van der Waals surface area (Å²) >= 11 is 0. The van der Waals surface area contributed by atoms with Crippen molar-refractivity contribution in [1.29, 1.82) is 0 Å². The van der Waals surface area contributed by atoms with Crippen LogP contribution in [0.25, 0.3) is 0 Å². The lowest BCUT2D eigenvalue weighted by molar-refractivity contribution is -0.152. The highest BCUT2D eigenvalue weighted by atomic mass is 16.6. The van der Waals surface area contributed by atoms with Crippen molar-refractivity contribution >= 4 is 12.1 Å². The summed E-state index contributed by atoms with van der Waals surface area (Å²) in [6.45, 7) is 6.10. The van der Waals surface area contributed by atoms with E-state index in [1.54, 1.807) is 18.5 Å². The minimum atomic E-state index is -0.585. The molecule has 1 aromatic heterocycles. The second-order valence-electron chi connectivity index (χ2n) is 6.65. The van der Waals surface area contributed by atoms with Gasteiger partial charge in [0.2, 0.25) is 0 Å². The Morgan fingerprint density at radius 1 is 1.35 bits per heavy atom. The zero-order valence-electron chi connectivity index (χ0n) is 13.9. The Kier molecular flexibility index (Phi) is 5.58. The monoisotopic (exact) mass is 320 g/mol. The zero-order valence-corrected chi connectivity index (χ0v) is 13.9. The maximum atomic E-state index is 12.4. The number of aromatic nitrogens is 1. The number of carbonyl (C=O) groups excluding carboxylic acids is 2. The summed E-state index contributed by atoms with van der Waals surface area (Å²) in [7, 11) is 0. The lowest BCUT2D eigenvalue weighted by atomic mass is 10.0. The third kappa shape index (κ3) is 5.23. The van der Waals surface area contributed by atoms with Crippen LogP contribution in [0.1, 0.15) is 45.6 Å². The minimum Gasteiger partial charge on any atom is -0.459 e. The van der Waals surface area contributed by atoms with Gasteiger partial charge >= 0.3 is 12.1 Å². The third-order valence-corrected chi connectivity index (χ3v) is 3.51. The Hall–Kier alpha value is -2.11. The van der Waals surface area contributed by atoms with E-state index in [2.05, 4.69) is 4.98 Å². The first-order valence-corrected chi connectivity index (χ1v) is 7.92. The highest BCUT2D eigenvalue weighted by Gasteiger charge is 2.35. The number of ether oxygens (including phenoxy) is 2. The number of esters is 1. The normalized spacial score (nSPS) is 18.4. The molecule has 2 rings (SSSR count). The molecule has 0 bridgehead atoms. The smallest absolute Gasteiger partial charge is 0.411 e. The number of pyridine rings is 1. The molecule has 1 aliphatic heterocycles. The van der Waals surface area contributed by atoms with Crippen molar-refractivity contribution < 1.29 is 19.1 Å². The van der Waals surface area contributed by atoms with Gasteiger partial charge in [0.25, 0.3) is 0 Å². The number of likely N-dealkylation sites (tertiary alicyclic amines) is 1. The zero-order chi connectivity index (χ0) is 16.9. The van der Waals surface area contributed by atoms with Gasteiger partial charge in [-0.1, -0.05) is 6.07 Å². The maximum absolute atomic E-state index is 12.4. The van der Waals surface area contributed by atoms with Crippen molar-refractivity contribution in [3.05, 3.63) is 30.1 Å². The molecule has 0 radical (unpaired) electrons. The number of nitrogens with zero attached hydrogens (tertiary/aromatic N) is 2. The summed E-state index contributed by atoms with van der Waals surface area (Å²) in [5, 5.41) is 0. The minimum absolute atomic E-state index is 0.158. The van der Waals surface area contributed by atoms with Gasteiger partial charge in [-0.15, -0.1) is 0 Å². The molecule has 0 aliphatic carbocycles. The summed E-state index contributed by atoms with van der Waals surface area (Å²) in [6.07, 6.45) is 5.22. The first-order chi connectivity index (χ1) is 10.9. The van der Waals surface area contributed by atoms with E-state index in [9.17, 15) is 9.59 Å². The van der Waals surface area contributed by atoms with Gasteiger partial charge in [0, 0.05) is 24.5 Å². The van der Waals surface area contributed by atoms with Gasteiger partial charge in [-0.3, -0.25) is 9.88 Å². The van der Waals surface area contributed by atoms with Crippen LogP contribution in [0.3, 0.4) is 0 Å². The van der Waals surface area contributed by atoms with Crippen molar-refractivity contribution in [2.24, 2.45) is 0 Å². The van der Waals surface area contributed by atoms with Crippen LogP contribution in [0.15, 0.2) is 24.5 Å². The molecule has 1 aliphatic rings. The van der Waals surface area contributed by atoms with Crippen LogP contribution < -0.4 is 0 Å². The van der Waals surface area contributed by atoms with E-state index in [1.807, 2.05) is 26.8 Å². The molecule has 1 saturated heterocycles. The fourth-order valence-corrected chi connectivity index (χ4v) is 2.45. The lowest BCUT2D eigenvalue weighted by Crippen LogP contribution is -2.50. The molecule has 0 saturated carbocycles. The fraction of sp³-hybridized carbons (Fsp3) is 0.588. The number of amides is 1. The van der Waals surface area contributed by atoms with E-state index in [0.29, 0.717) is 13.0 Å². The molecule has 0 spiro atoms. The Morgan fingerprint density at radius 2 is 2.13 bits per heavy atom. The van der Waals surface area contributed by atoms with Crippen molar-refractivity contribution in [3.63, 3.8) is 0 Å². The Bertz CT molecular complexity index is 539. The maximum Gasteiger partial charge on any atom is 0.411 e. The molecule has 6 nitrogen and oxygen atoms in total. The molecular formula is C17H24N2O4. The van der Waals surface area contributed by atoms with Gasteiger partial charge in [-0.2, -0.15) is 0 Å². The van der Waals surface area contributed by atoms with Crippen molar-refractivity contribution in [2.45, 2.75) is 58.3 Å². The largest absolute Gasteiger partial charge is 0.459 e. The molecule has 1 aromatic rings. The molecule has 0 N–H and O–H groups in total. The van der Waals surface area contributed by atoms with Gasteiger partial charge in [-0.25, -0.2) is 9.59 Å².